The fraction of sp³-hybridized carbons (Fsp3) is 0.0909. The van der Waals surface area contributed by atoms with Gasteiger partial charge in [0.1, 0.15) is 15.7 Å². The van der Waals surface area contributed by atoms with Crippen molar-refractivity contribution in [3.05, 3.63) is 45.2 Å². The van der Waals surface area contributed by atoms with Crippen LogP contribution in [-0.4, -0.2) is 8.42 Å². The standard InChI is InChI=1S/C11H8BrF2NO2S2/c1-6-2-3-7(13)11(10(6)14)15-19(16,17)9-5-4-8(12)18-9/h2-5,15H,1H3. The van der Waals surface area contributed by atoms with Crippen LogP contribution in [0.2, 0.25) is 0 Å². The van der Waals surface area contributed by atoms with Crippen molar-refractivity contribution in [3.8, 4) is 0 Å². The Labute approximate surface area is 121 Å². The van der Waals surface area contributed by atoms with Gasteiger partial charge in [-0.2, -0.15) is 0 Å². The molecule has 0 saturated heterocycles. The highest BCUT2D eigenvalue weighted by Crippen LogP contribution is 2.29. The lowest BCUT2D eigenvalue weighted by Gasteiger charge is -2.09. The lowest BCUT2D eigenvalue weighted by Crippen LogP contribution is -2.14. The van der Waals surface area contributed by atoms with Gasteiger partial charge in [-0.15, -0.1) is 11.3 Å². The molecule has 0 aliphatic carbocycles. The number of aryl methyl sites for hydroxylation is 1. The molecule has 1 heterocycles. The highest BCUT2D eigenvalue weighted by atomic mass is 79.9. The largest absolute Gasteiger partial charge is 0.273 e. The van der Waals surface area contributed by atoms with Crippen molar-refractivity contribution in [2.75, 3.05) is 4.72 Å². The maximum Gasteiger partial charge on any atom is 0.271 e. The van der Waals surface area contributed by atoms with Crippen LogP contribution in [0.15, 0.2) is 32.3 Å². The van der Waals surface area contributed by atoms with Crippen molar-refractivity contribution >= 4 is 43.0 Å². The second kappa shape index (κ2) is 5.18. The third-order valence-corrected chi connectivity index (χ3v) is 5.80. The molecule has 0 saturated carbocycles. The predicted molar refractivity (Wildman–Crippen MR) is 73.9 cm³/mol. The molecule has 0 amide bonds. The van der Waals surface area contributed by atoms with Gasteiger partial charge in [-0.3, -0.25) is 4.72 Å². The van der Waals surface area contributed by atoms with E-state index in [4.69, 9.17) is 0 Å². The van der Waals surface area contributed by atoms with Gasteiger partial charge in [-0.1, -0.05) is 6.07 Å². The third kappa shape index (κ3) is 2.96. The fourth-order valence-corrected chi connectivity index (χ4v) is 4.45. The predicted octanol–water partition coefficient (Wildman–Crippen LogP) is 3.90. The zero-order valence-corrected chi connectivity index (χ0v) is 12.8. The maximum absolute atomic E-state index is 13.7. The van der Waals surface area contributed by atoms with Gasteiger partial charge in [-0.25, -0.2) is 17.2 Å². The molecule has 19 heavy (non-hydrogen) atoms. The third-order valence-electron chi connectivity index (χ3n) is 2.33. The number of nitrogens with one attached hydrogen (secondary N) is 1. The van der Waals surface area contributed by atoms with Gasteiger partial charge in [0.2, 0.25) is 0 Å². The Morgan fingerprint density at radius 2 is 1.89 bits per heavy atom. The summed E-state index contributed by atoms with van der Waals surface area (Å²) >= 11 is 4.08. The molecule has 1 aromatic carbocycles. The first-order chi connectivity index (χ1) is 8.81. The second-order valence-electron chi connectivity index (χ2n) is 3.72. The smallest absolute Gasteiger partial charge is 0.271 e. The van der Waals surface area contributed by atoms with E-state index >= 15 is 0 Å². The highest BCUT2D eigenvalue weighted by molar-refractivity contribution is 9.11. The lowest BCUT2D eigenvalue weighted by atomic mass is 10.2. The molecular weight excluding hydrogens is 360 g/mol. The molecule has 102 valence electrons. The van der Waals surface area contributed by atoms with Crippen molar-refractivity contribution in [3.63, 3.8) is 0 Å². The molecule has 0 aliphatic rings. The Kier molecular flexibility index (Phi) is 3.93. The Hall–Kier alpha value is -0.990. The van der Waals surface area contributed by atoms with Crippen LogP contribution < -0.4 is 4.72 Å². The number of hydrogen-bond donors (Lipinski definition) is 1. The Bertz CT molecular complexity index is 728. The van der Waals surface area contributed by atoms with Crippen LogP contribution in [0.1, 0.15) is 5.56 Å². The molecule has 8 heteroatoms. The van der Waals surface area contributed by atoms with E-state index in [1.54, 1.807) is 6.07 Å². The lowest BCUT2D eigenvalue weighted by molar-refractivity contribution is 0.579. The summed E-state index contributed by atoms with van der Waals surface area (Å²) in [5.41, 5.74) is -0.504. The van der Waals surface area contributed by atoms with Crippen molar-refractivity contribution in [2.45, 2.75) is 11.1 Å². The van der Waals surface area contributed by atoms with E-state index in [0.29, 0.717) is 3.79 Å². The summed E-state index contributed by atoms with van der Waals surface area (Å²) in [7, 11) is -4.00. The van der Waals surface area contributed by atoms with Crippen molar-refractivity contribution < 1.29 is 17.2 Å². The topological polar surface area (TPSA) is 46.2 Å². The Balaban J connectivity index is 2.44. The van der Waals surface area contributed by atoms with Crippen molar-refractivity contribution in [1.82, 2.24) is 0 Å². The van der Waals surface area contributed by atoms with Crippen molar-refractivity contribution in [1.29, 1.82) is 0 Å². The molecule has 2 aromatic rings. The summed E-state index contributed by atoms with van der Waals surface area (Å²) < 4.78 is 53.7. The number of halogens is 3. The summed E-state index contributed by atoms with van der Waals surface area (Å²) in [6, 6.07) is 5.15. The van der Waals surface area contributed by atoms with E-state index in [9.17, 15) is 17.2 Å². The molecule has 1 aromatic heterocycles. The SMILES string of the molecule is Cc1ccc(F)c(NS(=O)(=O)c2ccc(Br)s2)c1F. The van der Waals surface area contributed by atoms with Gasteiger partial charge in [0.25, 0.3) is 10.0 Å². The quantitative estimate of drug-likeness (QED) is 0.893. The number of thiophene rings is 1. The molecule has 0 spiro atoms. The summed E-state index contributed by atoms with van der Waals surface area (Å²) in [4.78, 5) is 0. The fourth-order valence-electron chi connectivity index (χ4n) is 1.38. The molecule has 3 nitrogen and oxygen atoms in total. The minimum absolute atomic E-state index is 0.0281. The molecule has 0 unspecified atom stereocenters. The zero-order chi connectivity index (χ0) is 14.2. The number of hydrogen-bond acceptors (Lipinski definition) is 3. The molecule has 0 bridgehead atoms. The van der Waals surface area contributed by atoms with Crippen LogP contribution in [0.25, 0.3) is 0 Å². The monoisotopic (exact) mass is 367 g/mol. The molecule has 2 rings (SSSR count). The molecule has 1 N–H and O–H groups in total. The number of sulfonamides is 1. The molecule has 0 radical (unpaired) electrons. The normalized spacial score (nSPS) is 11.6. The van der Waals surface area contributed by atoms with Crippen LogP contribution in [0.4, 0.5) is 14.5 Å². The summed E-state index contributed by atoms with van der Waals surface area (Å²) in [5, 5.41) is 0. The summed E-state index contributed by atoms with van der Waals surface area (Å²) in [6.45, 7) is 1.42. The van der Waals surface area contributed by atoms with Gasteiger partial charge < -0.3 is 0 Å². The van der Waals surface area contributed by atoms with E-state index in [0.717, 1.165) is 17.4 Å². The molecule has 0 aliphatic heterocycles. The van der Waals surface area contributed by atoms with Crippen LogP contribution in [0.3, 0.4) is 0 Å². The number of anilines is 1. The first-order valence-corrected chi connectivity index (χ1v) is 8.13. The minimum Gasteiger partial charge on any atom is -0.273 e. The summed E-state index contributed by atoms with van der Waals surface area (Å²) in [6.07, 6.45) is 0. The van der Waals surface area contributed by atoms with E-state index in [2.05, 4.69) is 15.9 Å². The van der Waals surface area contributed by atoms with Crippen LogP contribution in [0, 0.1) is 18.6 Å². The van der Waals surface area contributed by atoms with E-state index in [1.807, 2.05) is 4.72 Å². The Morgan fingerprint density at radius 3 is 2.47 bits per heavy atom. The summed E-state index contributed by atoms with van der Waals surface area (Å²) in [5.74, 6) is -1.87. The maximum atomic E-state index is 13.7. The number of rotatable bonds is 3. The molecule has 0 atom stereocenters. The average molecular weight is 368 g/mol. The Morgan fingerprint density at radius 1 is 1.21 bits per heavy atom. The molecular formula is C11H8BrF2NO2S2. The van der Waals surface area contributed by atoms with Gasteiger partial charge in [0.15, 0.2) is 5.82 Å². The first kappa shape index (κ1) is 14.4. The van der Waals surface area contributed by atoms with Crippen molar-refractivity contribution in [2.24, 2.45) is 0 Å². The van der Waals surface area contributed by atoms with E-state index < -0.39 is 27.3 Å². The number of benzene rings is 1. The van der Waals surface area contributed by atoms with Gasteiger partial charge in [-0.05, 0) is 46.6 Å². The first-order valence-electron chi connectivity index (χ1n) is 5.04. The highest BCUT2D eigenvalue weighted by Gasteiger charge is 2.21. The van der Waals surface area contributed by atoms with Gasteiger partial charge in [0, 0.05) is 0 Å². The van der Waals surface area contributed by atoms with E-state index in [-0.39, 0.29) is 9.77 Å². The molecule has 0 fully saturated rings. The van der Waals surface area contributed by atoms with Crippen LogP contribution in [0.5, 0.6) is 0 Å². The minimum atomic E-state index is -4.00. The average Bonchev–Trinajstić information content (AvgIpc) is 2.77. The van der Waals surface area contributed by atoms with Gasteiger partial charge >= 0.3 is 0 Å². The zero-order valence-electron chi connectivity index (χ0n) is 9.58. The van der Waals surface area contributed by atoms with E-state index in [1.165, 1.54) is 19.1 Å². The van der Waals surface area contributed by atoms with Crippen LogP contribution >= 0.6 is 27.3 Å². The van der Waals surface area contributed by atoms with Crippen LogP contribution in [-0.2, 0) is 10.0 Å². The second-order valence-corrected chi connectivity index (χ2v) is 8.09. The van der Waals surface area contributed by atoms with Gasteiger partial charge in [0.05, 0.1) is 3.79 Å².